The van der Waals surface area contributed by atoms with Gasteiger partial charge < -0.3 is 10.5 Å². The van der Waals surface area contributed by atoms with E-state index < -0.39 is 0 Å². The Labute approximate surface area is 110 Å². The minimum atomic E-state index is 0.0175. The molecule has 1 aliphatic heterocycles. The van der Waals surface area contributed by atoms with E-state index in [0.29, 0.717) is 28.4 Å². The van der Waals surface area contributed by atoms with Crippen molar-refractivity contribution in [1.82, 2.24) is 10.9 Å². The van der Waals surface area contributed by atoms with Crippen LogP contribution in [0.25, 0.3) is 0 Å². The van der Waals surface area contributed by atoms with Crippen LogP contribution in [0.2, 0.25) is 10.0 Å². The van der Waals surface area contributed by atoms with Crippen LogP contribution >= 0.6 is 23.2 Å². The molecule has 0 aliphatic carbocycles. The third kappa shape index (κ3) is 3.47. The van der Waals surface area contributed by atoms with Gasteiger partial charge in [-0.3, -0.25) is 5.43 Å². The van der Waals surface area contributed by atoms with E-state index in [2.05, 4.69) is 10.9 Å². The average molecular weight is 276 g/mol. The molecule has 1 aromatic rings. The van der Waals surface area contributed by atoms with Crippen LogP contribution in [0.3, 0.4) is 0 Å². The van der Waals surface area contributed by atoms with Crippen LogP contribution in [0.15, 0.2) is 18.2 Å². The quantitative estimate of drug-likeness (QED) is 0.786. The molecule has 0 bridgehead atoms. The van der Waals surface area contributed by atoms with E-state index in [1.54, 1.807) is 18.2 Å². The minimum absolute atomic E-state index is 0.0175. The van der Waals surface area contributed by atoms with Crippen LogP contribution in [-0.4, -0.2) is 18.8 Å². The Hall–Kier alpha value is -0.520. The third-order valence-corrected chi connectivity index (χ3v) is 3.24. The Morgan fingerprint density at radius 3 is 2.59 bits per heavy atom. The molecule has 94 valence electrons. The fraction of sp³-hybridized carbons (Fsp3) is 0.455. The zero-order chi connectivity index (χ0) is 12.3. The summed E-state index contributed by atoms with van der Waals surface area (Å²) in [5, 5.41) is 1.07. The van der Waals surface area contributed by atoms with E-state index in [1.165, 1.54) is 0 Å². The van der Waals surface area contributed by atoms with Crippen molar-refractivity contribution in [1.29, 1.82) is 0 Å². The van der Waals surface area contributed by atoms with Crippen LogP contribution in [0.5, 0.6) is 5.75 Å². The molecule has 0 spiro atoms. The number of nitrogens with two attached hydrogens (primary N) is 1. The first-order chi connectivity index (χ1) is 8.16. The molecule has 1 heterocycles. The van der Waals surface area contributed by atoms with Crippen molar-refractivity contribution in [2.45, 2.75) is 25.0 Å². The standard InChI is InChI=1S/C11H15Cl2N3O/c12-8-2-1-3-9(13)11(8)17-5-4-7-6-10(14)16-15-7/h1-3,7,10,15-16H,4-6,14H2. The molecule has 6 heteroatoms. The predicted octanol–water partition coefficient (Wildman–Crippen LogP) is 1.91. The lowest BCUT2D eigenvalue weighted by atomic mass is 10.1. The van der Waals surface area contributed by atoms with Gasteiger partial charge in [0.2, 0.25) is 0 Å². The fourth-order valence-corrected chi connectivity index (χ4v) is 2.27. The maximum atomic E-state index is 5.99. The van der Waals surface area contributed by atoms with Gasteiger partial charge >= 0.3 is 0 Å². The van der Waals surface area contributed by atoms with Crippen molar-refractivity contribution in [3.63, 3.8) is 0 Å². The Balaban J connectivity index is 1.82. The predicted molar refractivity (Wildman–Crippen MR) is 69.2 cm³/mol. The van der Waals surface area contributed by atoms with Crippen LogP contribution in [-0.2, 0) is 0 Å². The highest BCUT2D eigenvalue weighted by atomic mass is 35.5. The van der Waals surface area contributed by atoms with Gasteiger partial charge in [-0.1, -0.05) is 29.3 Å². The first-order valence-electron chi connectivity index (χ1n) is 5.50. The largest absolute Gasteiger partial charge is 0.490 e. The molecule has 2 unspecified atom stereocenters. The van der Waals surface area contributed by atoms with Crippen molar-refractivity contribution < 1.29 is 4.74 Å². The maximum Gasteiger partial charge on any atom is 0.156 e. The average Bonchev–Trinajstić information content (AvgIpc) is 2.69. The van der Waals surface area contributed by atoms with Gasteiger partial charge in [0, 0.05) is 6.04 Å². The van der Waals surface area contributed by atoms with Crippen molar-refractivity contribution in [2.75, 3.05) is 6.61 Å². The molecule has 1 aromatic carbocycles. The summed E-state index contributed by atoms with van der Waals surface area (Å²) >= 11 is 12.0. The summed E-state index contributed by atoms with van der Waals surface area (Å²) in [6.45, 7) is 0.551. The van der Waals surface area contributed by atoms with E-state index in [4.69, 9.17) is 33.7 Å². The lowest BCUT2D eigenvalue weighted by molar-refractivity contribution is 0.290. The molecule has 17 heavy (non-hydrogen) atoms. The SMILES string of the molecule is NC1CC(CCOc2c(Cl)cccc2Cl)NN1. The van der Waals surface area contributed by atoms with Crippen LogP contribution in [0, 0.1) is 0 Å². The Morgan fingerprint density at radius 2 is 2.00 bits per heavy atom. The number of nitrogens with one attached hydrogen (secondary N) is 2. The summed E-state index contributed by atoms with van der Waals surface area (Å²) in [5.74, 6) is 0.547. The monoisotopic (exact) mass is 275 g/mol. The molecule has 0 radical (unpaired) electrons. The normalized spacial score (nSPS) is 23.9. The Bertz CT molecular complexity index is 369. The second kappa shape index (κ2) is 5.89. The van der Waals surface area contributed by atoms with Gasteiger partial charge in [-0.2, -0.15) is 0 Å². The van der Waals surface area contributed by atoms with Gasteiger partial charge in [-0.25, -0.2) is 5.43 Å². The number of hydrazine groups is 1. The molecule has 1 saturated heterocycles. The number of hydrogen-bond donors (Lipinski definition) is 3. The number of benzene rings is 1. The zero-order valence-electron chi connectivity index (χ0n) is 9.25. The van der Waals surface area contributed by atoms with Gasteiger partial charge in [0.05, 0.1) is 22.8 Å². The Morgan fingerprint density at radius 1 is 1.29 bits per heavy atom. The molecule has 2 rings (SSSR count). The number of para-hydroxylation sites is 1. The Kier molecular flexibility index (Phi) is 4.48. The first-order valence-corrected chi connectivity index (χ1v) is 6.26. The van der Waals surface area contributed by atoms with E-state index >= 15 is 0 Å². The number of rotatable bonds is 4. The second-order valence-corrected chi connectivity index (χ2v) is 4.83. The smallest absolute Gasteiger partial charge is 0.156 e. The molecule has 4 nitrogen and oxygen atoms in total. The number of hydrogen-bond acceptors (Lipinski definition) is 4. The van der Waals surface area contributed by atoms with Gasteiger partial charge in [-0.05, 0) is 25.0 Å². The highest BCUT2D eigenvalue weighted by molar-refractivity contribution is 6.37. The molecule has 4 N–H and O–H groups in total. The van der Waals surface area contributed by atoms with Gasteiger partial charge in [0.25, 0.3) is 0 Å². The first kappa shape index (κ1) is 12.9. The summed E-state index contributed by atoms with van der Waals surface area (Å²) in [6, 6.07) is 5.63. The highest BCUT2D eigenvalue weighted by Crippen LogP contribution is 2.32. The van der Waals surface area contributed by atoms with Crippen LogP contribution in [0.4, 0.5) is 0 Å². The lowest BCUT2D eigenvalue weighted by Gasteiger charge is -2.12. The van der Waals surface area contributed by atoms with E-state index in [-0.39, 0.29) is 6.17 Å². The van der Waals surface area contributed by atoms with Gasteiger partial charge in [0.1, 0.15) is 0 Å². The molecule has 2 atom stereocenters. The summed E-state index contributed by atoms with van der Waals surface area (Å²) in [7, 11) is 0. The van der Waals surface area contributed by atoms with E-state index in [9.17, 15) is 0 Å². The fourth-order valence-electron chi connectivity index (χ4n) is 1.76. The second-order valence-electron chi connectivity index (χ2n) is 4.02. The minimum Gasteiger partial charge on any atom is -0.490 e. The molecule has 1 fully saturated rings. The van der Waals surface area contributed by atoms with Crippen molar-refractivity contribution >= 4 is 23.2 Å². The van der Waals surface area contributed by atoms with Gasteiger partial charge in [-0.15, -0.1) is 0 Å². The van der Waals surface area contributed by atoms with E-state index in [1.807, 2.05) is 0 Å². The van der Waals surface area contributed by atoms with Crippen LogP contribution < -0.4 is 21.3 Å². The summed E-state index contributed by atoms with van der Waals surface area (Å²) in [6.07, 6.45) is 1.76. The molecule has 0 saturated carbocycles. The molecule has 0 aromatic heterocycles. The third-order valence-electron chi connectivity index (χ3n) is 2.64. The molecule has 1 aliphatic rings. The van der Waals surface area contributed by atoms with Crippen molar-refractivity contribution in [3.05, 3.63) is 28.2 Å². The molecular formula is C11H15Cl2N3O. The van der Waals surface area contributed by atoms with Gasteiger partial charge in [0.15, 0.2) is 5.75 Å². The number of halogens is 2. The van der Waals surface area contributed by atoms with E-state index in [0.717, 1.165) is 12.8 Å². The highest BCUT2D eigenvalue weighted by Gasteiger charge is 2.20. The summed E-state index contributed by atoms with van der Waals surface area (Å²) < 4.78 is 5.59. The summed E-state index contributed by atoms with van der Waals surface area (Å²) in [5.41, 5.74) is 11.8. The summed E-state index contributed by atoms with van der Waals surface area (Å²) in [4.78, 5) is 0. The maximum absolute atomic E-state index is 5.99. The molecular weight excluding hydrogens is 261 g/mol. The topological polar surface area (TPSA) is 59.3 Å². The van der Waals surface area contributed by atoms with Crippen LogP contribution in [0.1, 0.15) is 12.8 Å². The van der Waals surface area contributed by atoms with Crippen molar-refractivity contribution in [3.8, 4) is 5.75 Å². The van der Waals surface area contributed by atoms with Crippen molar-refractivity contribution in [2.24, 2.45) is 5.73 Å². The molecule has 0 amide bonds. The lowest BCUT2D eigenvalue weighted by Crippen LogP contribution is -2.37. The zero-order valence-corrected chi connectivity index (χ0v) is 10.8. The number of ether oxygens (including phenoxy) is 1.